The van der Waals surface area contributed by atoms with Crippen LogP contribution >= 0.6 is 15.9 Å². The van der Waals surface area contributed by atoms with Crippen molar-refractivity contribution in [3.05, 3.63) is 22.8 Å². The first-order valence-corrected chi connectivity index (χ1v) is 8.10. The third-order valence-corrected chi connectivity index (χ3v) is 4.92. The van der Waals surface area contributed by atoms with Gasteiger partial charge in [0.05, 0.1) is 0 Å². The Morgan fingerprint density at radius 3 is 3.15 bits per heavy atom. The number of hydrogen-bond acceptors (Lipinski definition) is 4. The first-order valence-electron chi connectivity index (χ1n) is 7.30. The second-order valence-corrected chi connectivity index (χ2v) is 6.70. The van der Waals surface area contributed by atoms with Gasteiger partial charge in [0, 0.05) is 29.3 Å². The van der Waals surface area contributed by atoms with Crippen LogP contribution in [0.15, 0.2) is 22.8 Å². The van der Waals surface area contributed by atoms with E-state index in [4.69, 9.17) is 0 Å². The number of anilines is 1. The highest BCUT2D eigenvalue weighted by atomic mass is 79.9. The third kappa shape index (κ3) is 2.31. The van der Waals surface area contributed by atoms with E-state index in [0.29, 0.717) is 6.04 Å². The average Bonchev–Trinajstić information content (AvgIpc) is 3.03. The van der Waals surface area contributed by atoms with Crippen LogP contribution in [0.2, 0.25) is 0 Å². The van der Waals surface area contributed by atoms with Gasteiger partial charge in [-0.3, -0.25) is 0 Å². The minimum absolute atomic E-state index is 0.509. The van der Waals surface area contributed by atoms with Crippen molar-refractivity contribution in [3.8, 4) is 0 Å². The molecule has 2 aliphatic rings. The largest absolute Gasteiger partial charge is 0.350 e. The predicted molar refractivity (Wildman–Crippen MR) is 81.9 cm³/mol. The van der Waals surface area contributed by atoms with Gasteiger partial charge >= 0.3 is 0 Å². The molecule has 20 heavy (non-hydrogen) atoms. The summed E-state index contributed by atoms with van der Waals surface area (Å²) in [5, 5.41) is 8.02. The molecule has 4 heterocycles. The van der Waals surface area contributed by atoms with Crippen molar-refractivity contribution in [2.45, 2.75) is 37.8 Å². The van der Waals surface area contributed by atoms with Crippen molar-refractivity contribution in [2.75, 3.05) is 18.4 Å². The van der Waals surface area contributed by atoms with Gasteiger partial charge in [-0.1, -0.05) is 0 Å². The molecule has 0 spiro atoms. The van der Waals surface area contributed by atoms with E-state index in [9.17, 15) is 0 Å². The number of rotatable bonds is 2. The van der Waals surface area contributed by atoms with Gasteiger partial charge in [0.2, 0.25) is 5.95 Å². The number of pyridine rings is 1. The predicted octanol–water partition coefficient (Wildman–Crippen LogP) is 2.53. The zero-order valence-electron chi connectivity index (χ0n) is 11.3. The standard InChI is InChI=1S/C14H18BrN5/c15-10-3-4-13-17-14(18-20(13)9-10)16-11-5-7-19-6-1-2-12(19)8-11/h3-4,9,11-12H,1-2,5-8H2,(H,16,18). The molecule has 2 aromatic heterocycles. The summed E-state index contributed by atoms with van der Waals surface area (Å²) in [5.74, 6) is 0.750. The van der Waals surface area contributed by atoms with Crippen LogP contribution in [0.25, 0.3) is 5.65 Å². The van der Waals surface area contributed by atoms with Crippen molar-refractivity contribution in [1.82, 2.24) is 19.5 Å². The first kappa shape index (κ1) is 12.6. The molecule has 2 unspecified atom stereocenters. The molecule has 0 aliphatic carbocycles. The third-order valence-electron chi connectivity index (χ3n) is 4.45. The van der Waals surface area contributed by atoms with E-state index in [-0.39, 0.29) is 0 Å². The van der Waals surface area contributed by atoms with E-state index >= 15 is 0 Å². The monoisotopic (exact) mass is 335 g/mol. The van der Waals surface area contributed by atoms with Crippen LogP contribution in [0.3, 0.4) is 0 Å². The van der Waals surface area contributed by atoms with Gasteiger partial charge in [0.25, 0.3) is 0 Å². The van der Waals surface area contributed by atoms with Crippen molar-refractivity contribution >= 4 is 27.5 Å². The first-order chi connectivity index (χ1) is 9.78. The van der Waals surface area contributed by atoms with Gasteiger partial charge in [0.15, 0.2) is 5.65 Å². The topological polar surface area (TPSA) is 45.5 Å². The highest BCUT2D eigenvalue weighted by Crippen LogP contribution is 2.28. The second-order valence-electron chi connectivity index (χ2n) is 5.78. The molecule has 2 saturated heterocycles. The van der Waals surface area contributed by atoms with Gasteiger partial charge in [-0.25, -0.2) is 4.52 Å². The van der Waals surface area contributed by atoms with Crippen LogP contribution < -0.4 is 5.32 Å². The van der Waals surface area contributed by atoms with Gasteiger partial charge < -0.3 is 10.2 Å². The fraction of sp³-hybridized carbons (Fsp3) is 0.571. The summed E-state index contributed by atoms with van der Waals surface area (Å²) in [6, 6.07) is 5.25. The maximum atomic E-state index is 4.54. The lowest BCUT2D eigenvalue weighted by Crippen LogP contribution is -2.42. The SMILES string of the molecule is Brc1ccc2nc(NC3CCN4CCCC4C3)nn2c1. The van der Waals surface area contributed by atoms with Crippen LogP contribution in [0.5, 0.6) is 0 Å². The zero-order chi connectivity index (χ0) is 13.5. The van der Waals surface area contributed by atoms with E-state index < -0.39 is 0 Å². The fourth-order valence-electron chi connectivity index (χ4n) is 3.46. The van der Waals surface area contributed by atoms with Gasteiger partial charge in [-0.15, -0.1) is 5.10 Å². The average molecular weight is 336 g/mol. The van der Waals surface area contributed by atoms with Crippen molar-refractivity contribution in [1.29, 1.82) is 0 Å². The Kier molecular flexibility index (Phi) is 3.15. The van der Waals surface area contributed by atoms with Crippen LogP contribution in [-0.4, -0.2) is 44.7 Å². The number of halogens is 1. The number of piperidine rings is 1. The second kappa shape index (κ2) is 5.00. The van der Waals surface area contributed by atoms with Gasteiger partial charge in [-0.05, 0) is 60.3 Å². The molecule has 0 bridgehead atoms. The lowest BCUT2D eigenvalue weighted by molar-refractivity contribution is 0.188. The van der Waals surface area contributed by atoms with E-state index in [2.05, 4.69) is 36.2 Å². The highest BCUT2D eigenvalue weighted by molar-refractivity contribution is 9.10. The van der Waals surface area contributed by atoms with E-state index in [1.165, 1.54) is 38.8 Å². The Balaban J connectivity index is 1.49. The Morgan fingerprint density at radius 2 is 2.20 bits per heavy atom. The summed E-state index contributed by atoms with van der Waals surface area (Å²) < 4.78 is 2.83. The molecular formula is C14H18BrN5. The molecule has 2 aromatic rings. The molecule has 2 aliphatic heterocycles. The molecular weight excluding hydrogens is 318 g/mol. The van der Waals surface area contributed by atoms with E-state index in [1.54, 1.807) is 0 Å². The molecule has 0 radical (unpaired) electrons. The normalized spacial score (nSPS) is 26.9. The maximum Gasteiger partial charge on any atom is 0.243 e. The summed E-state index contributed by atoms with van der Waals surface area (Å²) >= 11 is 3.46. The fourth-order valence-corrected chi connectivity index (χ4v) is 3.78. The lowest BCUT2D eigenvalue weighted by Gasteiger charge is -2.34. The van der Waals surface area contributed by atoms with Crippen LogP contribution in [0.4, 0.5) is 5.95 Å². The molecule has 0 saturated carbocycles. The summed E-state index contributed by atoms with van der Waals surface area (Å²) in [5.41, 5.74) is 0.883. The summed E-state index contributed by atoms with van der Waals surface area (Å²) in [6.45, 7) is 2.50. The van der Waals surface area contributed by atoms with Crippen LogP contribution in [-0.2, 0) is 0 Å². The van der Waals surface area contributed by atoms with Gasteiger partial charge in [-0.2, -0.15) is 4.98 Å². The molecule has 1 N–H and O–H groups in total. The highest BCUT2D eigenvalue weighted by Gasteiger charge is 2.31. The molecule has 0 amide bonds. The minimum atomic E-state index is 0.509. The summed E-state index contributed by atoms with van der Waals surface area (Å²) in [7, 11) is 0. The molecule has 106 valence electrons. The molecule has 2 fully saturated rings. The Bertz CT molecular complexity index is 625. The number of nitrogens with zero attached hydrogens (tertiary/aromatic N) is 4. The number of aromatic nitrogens is 3. The Labute approximate surface area is 126 Å². The lowest BCUT2D eigenvalue weighted by atomic mass is 9.98. The molecule has 6 heteroatoms. The smallest absolute Gasteiger partial charge is 0.243 e. The van der Waals surface area contributed by atoms with Crippen molar-refractivity contribution < 1.29 is 0 Å². The van der Waals surface area contributed by atoms with Crippen molar-refractivity contribution in [2.24, 2.45) is 0 Å². The van der Waals surface area contributed by atoms with Gasteiger partial charge in [0.1, 0.15) is 0 Å². The van der Waals surface area contributed by atoms with E-state index in [0.717, 1.165) is 22.1 Å². The van der Waals surface area contributed by atoms with Crippen LogP contribution in [0, 0.1) is 0 Å². The minimum Gasteiger partial charge on any atom is -0.350 e. The maximum absolute atomic E-state index is 4.54. The summed E-state index contributed by atoms with van der Waals surface area (Å²) in [6.07, 6.45) is 7.06. The van der Waals surface area contributed by atoms with E-state index in [1.807, 2.05) is 22.8 Å². The molecule has 5 nitrogen and oxygen atoms in total. The Hall–Kier alpha value is -1.14. The quantitative estimate of drug-likeness (QED) is 0.915. The number of fused-ring (bicyclic) bond motifs is 2. The number of hydrogen-bond donors (Lipinski definition) is 1. The van der Waals surface area contributed by atoms with Crippen LogP contribution in [0.1, 0.15) is 25.7 Å². The zero-order valence-corrected chi connectivity index (χ0v) is 12.9. The Morgan fingerprint density at radius 1 is 1.25 bits per heavy atom. The molecule has 4 rings (SSSR count). The molecule has 2 atom stereocenters. The summed E-state index contributed by atoms with van der Waals surface area (Å²) in [4.78, 5) is 7.17. The molecule has 0 aromatic carbocycles. The van der Waals surface area contributed by atoms with Crippen molar-refractivity contribution in [3.63, 3.8) is 0 Å². The number of nitrogens with one attached hydrogen (secondary N) is 1.